The van der Waals surface area contributed by atoms with Crippen LogP contribution in [0.4, 0.5) is 52.7 Å². The summed E-state index contributed by atoms with van der Waals surface area (Å²) in [7, 11) is 0. The summed E-state index contributed by atoms with van der Waals surface area (Å²) in [4.78, 5) is 0. The molecule has 0 amide bonds. The van der Waals surface area contributed by atoms with Crippen molar-refractivity contribution < 1.29 is 71.6 Å². The van der Waals surface area contributed by atoms with E-state index in [0.29, 0.717) is 27.8 Å². The van der Waals surface area contributed by atoms with Crippen LogP contribution in [0.3, 0.4) is 0 Å². The lowest BCUT2D eigenvalue weighted by Gasteiger charge is -2.26. The van der Waals surface area contributed by atoms with Gasteiger partial charge in [-0.25, -0.2) is 17.6 Å². The van der Waals surface area contributed by atoms with Crippen molar-refractivity contribution in [3.8, 4) is 67.5 Å². The molecular weight excluding hydrogens is 1350 g/mol. The number of aryl methyl sites for hydroxylation is 4. The Morgan fingerprint density at radius 3 is 0.894 bits per heavy atom. The minimum atomic E-state index is -3.27. The predicted molar refractivity (Wildman–Crippen MR) is 392 cm³/mol. The Morgan fingerprint density at radius 2 is 0.558 bits per heavy atom. The molecule has 4 nitrogen and oxygen atoms in total. The molecule has 0 spiro atoms. The predicted octanol–water partition coefficient (Wildman–Crippen LogP) is 27.4. The van der Waals surface area contributed by atoms with Crippen LogP contribution in [0.5, 0.6) is 23.0 Å². The Kier molecular flexibility index (Phi) is 31.3. The summed E-state index contributed by atoms with van der Waals surface area (Å²) in [6.45, 7) is -2.61. The fourth-order valence-corrected chi connectivity index (χ4v) is 14.9. The Labute approximate surface area is 607 Å². The lowest BCUT2D eigenvalue weighted by molar-refractivity contribution is -0.0548. The normalized spacial score (nSPS) is 20.3. The molecular formula is C88H100F12O4. The van der Waals surface area contributed by atoms with Crippen molar-refractivity contribution in [2.45, 2.75) is 208 Å². The lowest BCUT2D eigenvalue weighted by atomic mass is 9.80. The molecule has 0 heterocycles. The standard InChI is InChI=1S/C22H24F4O.2C22H25F3O.C22H26F2O/c1-14-2-4-15(5-3-14)6-7-16-8-10-17(11-9-16)18-12-19(23)21(20(24)13-18)27-22(25)26;1-15-2-4-16(5-3-15)6-7-17-8-13-20(21(23)14-17)18-9-11-19(12-10-18)26-22(24)25;1-15-2-4-16(5-3-15)6-7-17-8-10-18(11-9-17)19-12-13-21(20(23)14-19)26-22(24)25;1-16-2-4-17(5-3-16)6-7-18-8-10-19(11-9-18)20-12-14-21(15-13-20)25-22(23)24/h8-15,22H,2-7H2,1H3;2*8-16,22H,2-7H2,1H3;8-17,22H,2-7H2,1H3. The molecule has 0 unspecified atom stereocenters. The molecule has 0 saturated heterocycles. The van der Waals surface area contributed by atoms with E-state index in [2.05, 4.69) is 83.0 Å². The third kappa shape index (κ3) is 26.3. The smallest absolute Gasteiger partial charge is 0.387 e. The monoisotopic (exact) mass is 1450 g/mol. The van der Waals surface area contributed by atoms with E-state index >= 15 is 0 Å². The second-order valence-corrected chi connectivity index (χ2v) is 29.5. The van der Waals surface area contributed by atoms with Crippen molar-refractivity contribution >= 4 is 0 Å². The largest absolute Gasteiger partial charge is 0.435 e. The number of halogens is 12. The zero-order chi connectivity index (χ0) is 74.1. The Bertz CT molecular complexity index is 3770. The van der Waals surface area contributed by atoms with Crippen molar-refractivity contribution in [1.29, 1.82) is 0 Å². The molecule has 104 heavy (non-hydrogen) atoms. The zero-order valence-corrected chi connectivity index (χ0v) is 60.2. The van der Waals surface area contributed by atoms with Crippen molar-refractivity contribution in [2.75, 3.05) is 0 Å². The van der Waals surface area contributed by atoms with Crippen LogP contribution in [0.15, 0.2) is 170 Å². The van der Waals surface area contributed by atoms with Crippen molar-refractivity contribution in [2.24, 2.45) is 47.3 Å². The highest BCUT2D eigenvalue weighted by Crippen LogP contribution is 2.38. The van der Waals surface area contributed by atoms with E-state index < -0.39 is 55.4 Å². The van der Waals surface area contributed by atoms with Gasteiger partial charge in [0.1, 0.15) is 17.3 Å². The van der Waals surface area contributed by atoms with Gasteiger partial charge >= 0.3 is 26.4 Å². The first kappa shape index (κ1) is 80.2. The molecule has 4 aliphatic carbocycles. The van der Waals surface area contributed by atoms with Crippen LogP contribution in [-0.4, -0.2) is 26.4 Å². The van der Waals surface area contributed by atoms with Gasteiger partial charge in [-0.05, 0) is 215 Å². The number of rotatable bonds is 24. The molecule has 0 N–H and O–H groups in total. The topological polar surface area (TPSA) is 36.9 Å². The summed E-state index contributed by atoms with van der Waals surface area (Å²) in [5.41, 5.74) is 10.5. The van der Waals surface area contributed by atoms with E-state index in [1.54, 1.807) is 54.6 Å². The summed E-state index contributed by atoms with van der Waals surface area (Å²) >= 11 is 0. The first-order valence-electron chi connectivity index (χ1n) is 37.4. The SMILES string of the molecule is CC1CCC(CCc2ccc(-c3cc(F)c(OC(F)F)c(F)c3)cc2)CC1.CC1CCC(CCc2ccc(-c3ccc(OC(F)F)c(F)c3)cc2)CC1.CC1CCC(CCc2ccc(-c3ccc(OC(F)F)cc3)c(F)c2)CC1.CC1CCC(CCc2ccc(-c3ccc(OC(F)F)cc3)cc2)CC1. The number of ether oxygens (including phenoxy) is 4. The van der Waals surface area contributed by atoms with E-state index in [-0.39, 0.29) is 17.3 Å². The molecule has 4 aliphatic rings. The van der Waals surface area contributed by atoms with Gasteiger partial charge in [-0.2, -0.15) is 35.1 Å². The molecule has 12 rings (SSSR count). The fourth-order valence-electron chi connectivity index (χ4n) is 14.9. The number of hydrogen-bond donors (Lipinski definition) is 0. The van der Waals surface area contributed by atoms with E-state index in [1.165, 1.54) is 157 Å². The highest BCUT2D eigenvalue weighted by Gasteiger charge is 2.24. The summed E-state index contributed by atoms with van der Waals surface area (Å²) in [6.07, 6.45) is 30.2. The van der Waals surface area contributed by atoms with Gasteiger partial charge in [0, 0.05) is 5.56 Å². The van der Waals surface area contributed by atoms with Crippen LogP contribution in [0.2, 0.25) is 0 Å². The summed E-state index contributed by atoms with van der Waals surface area (Å²) < 4.78 is 171. The first-order valence-corrected chi connectivity index (χ1v) is 37.4. The van der Waals surface area contributed by atoms with Gasteiger partial charge in [-0.15, -0.1) is 0 Å². The maximum atomic E-state index is 14.5. The molecule has 0 aliphatic heterocycles. The van der Waals surface area contributed by atoms with Gasteiger partial charge in [0.2, 0.25) is 0 Å². The highest BCUT2D eigenvalue weighted by atomic mass is 19.3. The highest BCUT2D eigenvalue weighted by molar-refractivity contribution is 5.68. The maximum Gasteiger partial charge on any atom is 0.387 e. The van der Waals surface area contributed by atoms with Gasteiger partial charge in [0.05, 0.1) is 0 Å². The molecule has 8 aromatic rings. The van der Waals surface area contributed by atoms with Gasteiger partial charge in [-0.3, -0.25) is 0 Å². The quantitative estimate of drug-likeness (QED) is 0.0565. The zero-order valence-electron chi connectivity index (χ0n) is 60.2. The Hall–Kier alpha value is -7.88. The fraction of sp³-hybridized carbons (Fsp3) is 0.455. The minimum absolute atomic E-state index is 0.0718. The molecule has 0 atom stereocenters. The molecule has 560 valence electrons. The van der Waals surface area contributed by atoms with Crippen LogP contribution >= 0.6 is 0 Å². The third-order valence-corrected chi connectivity index (χ3v) is 21.6. The van der Waals surface area contributed by atoms with E-state index in [9.17, 15) is 52.7 Å². The van der Waals surface area contributed by atoms with E-state index in [4.69, 9.17) is 0 Å². The molecule has 0 aromatic heterocycles. The Morgan fingerprint density at radius 1 is 0.269 bits per heavy atom. The third-order valence-electron chi connectivity index (χ3n) is 21.6. The van der Waals surface area contributed by atoms with Crippen molar-refractivity contribution in [3.63, 3.8) is 0 Å². The lowest BCUT2D eigenvalue weighted by Crippen LogP contribution is -2.12. The van der Waals surface area contributed by atoms with Crippen LogP contribution in [0, 0.1) is 70.6 Å². The van der Waals surface area contributed by atoms with Crippen LogP contribution < -0.4 is 18.9 Å². The number of alkyl halides is 8. The van der Waals surface area contributed by atoms with Gasteiger partial charge in [-0.1, -0.05) is 246 Å². The second kappa shape index (κ2) is 40.6. The first-order chi connectivity index (χ1) is 50.0. The maximum absolute atomic E-state index is 14.5. The Balaban J connectivity index is 0.000000161. The summed E-state index contributed by atoms with van der Waals surface area (Å²) in [5, 5.41) is 0. The van der Waals surface area contributed by atoms with Crippen molar-refractivity contribution in [1.82, 2.24) is 0 Å². The van der Waals surface area contributed by atoms with Gasteiger partial charge in [0.25, 0.3) is 0 Å². The number of benzene rings is 8. The van der Waals surface area contributed by atoms with Crippen molar-refractivity contribution in [3.05, 3.63) is 215 Å². The molecule has 0 radical (unpaired) electrons. The van der Waals surface area contributed by atoms with Crippen LogP contribution in [0.25, 0.3) is 44.5 Å². The summed E-state index contributed by atoms with van der Waals surface area (Å²) in [6, 6.07) is 48.5. The van der Waals surface area contributed by atoms with Crippen LogP contribution in [0.1, 0.15) is 178 Å². The molecule has 8 aromatic carbocycles. The molecule has 16 heteroatoms. The van der Waals surface area contributed by atoms with E-state index in [1.807, 2.05) is 42.5 Å². The molecule has 4 fully saturated rings. The van der Waals surface area contributed by atoms with E-state index in [0.717, 1.165) is 120 Å². The number of hydrogen-bond acceptors (Lipinski definition) is 4. The van der Waals surface area contributed by atoms with Gasteiger partial charge < -0.3 is 18.9 Å². The second-order valence-electron chi connectivity index (χ2n) is 29.5. The minimum Gasteiger partial charge on any atom is -0.435 e. The van der Waals surface area contributed by atoms with Crippen LogP contribution in [-0.2, 0) is 25.7 Å². The summed E-state index contributed by atoms with van der Waals surface area (Å²) in [5.74, 6) is 2.20. The average Bonchev–Trinajstić information content (AvgIpc) is 0.840. The van der Waals surface area contributed by atoms with Gasteiger partial charge in [0.15, 0.2) is 29.0 Å². The molecule has 0 bridgehead atoms. The molecule has 4 saturated carbocycles. The average molecular weight is 1450 g/mol.